The van der Waals surface area contributed by atoms with Crippen LogP contribution in [0, 0.1) is 11.3 Å². The Balaban J connectivity index is 1.98. The van der Waals surface area contributed by atoms with E-state index in [0.717, 1.165) is 11.8 Å². The highest BCUT2D eigenvalue weighted by Gasteiger charge is 2.52. The molecule has 0 spiro atoms. The second-order valence-corrected chi connectivity index (χ2v) is 7.63. The van der Waals surface area contributed by atoms with Gasteiger partial charge in [0.15, 0.2) is 11.5 Å². The van der Waals surface area contributed by atoms with Crippen LogP contribution in [0.5, 0.6) is 17.2 Å². The molecule has 0 aliphatic carbocycles. The molecule has 1 aromatic carbocycles. The molecular formula is C21H23F2N3O6. The molecule has 9 nitrogen and oxygen atoms in total. The average Bonchev–Trinajstić information content (AvgIpc) is 3.35. The molecular weight excluding hydrogens is 428 g/mol. The monoisotopic (exact) mass is 451 g/mol. The molecule has 2 saturated heterocycles. The Morgan fingerprint density at radius 2 is 1.84 bits per heavy atom. The molecule has 0 radical (unpaired) electrons. The smallest absolute Gasteiger partial charge is 0.308 e. The summed E-state index contributed by atoms with van der Waals surface area (Å²) in [6, 6.07) is 2.32. The zero-order valence-electron chi connectivity index (χ0n) is 17.9. The number of hydrogen-bond donors (Lipinski definition) is 0. The number of rotatable bonds is 5. The van der Waals surface area contributed by atoms with Gasteiger partial charge in [-0.05, 0) is 25.0 Å². The molecule has 2 fully saturated rings. The van der Waals surface area contributed by atoms with Gasteiger partial charge in [0.1, 0.15) is 12.1 Å². The Bertz CT molecular complexity index is 977. The van der Waals surface area contributed by atoms with Gasteiger partial charge >= 0.3 is 5.97 Å². The van der Waals surface area contributed by atoms with Crippen molar-refractivity contribution in [2.75, 3.05) is 27.3 Å². The molecule has 172 valence electrons. The van der Waals surface area contributed by atoms with Gasteiger partial charge in [0, 0.05) is 25.5 Å². The molecule has 1 aromatic rings. The lowest BCUT2D eigenvalue weighted by Gasteiger charge is -2.29. The topological polar surface area (TPSA) is 109 Å². The summed E-state index contributed by atoms with van der Waals surface area (Å²) in [6.07, 6.45) is 0.208. The van der Waals surface area contributed by atoms with Gasteiger partial charge in [0.05, 0.1) is 26.8 Å². The number of carbonyl (C=O) groups excluding carboxylic acids is 3. The first-order valence-electron chi connectivity index (χ1n) is 9.95. The molecule has 0 saturated carbocycles. The van der Waals surface area contributed by atoms with Gasteiger partial charge in [0.2, 0.25) is 11.7 Å². The van der Waals surface area contributed by atoms with Gasteiger partial charge in [-0.1, -0.05) is 0 Å². The third kappa shape index (κ3) is 4.44. The van der Waals surface area contributed by atoms with Crippen molar-refractivity contribution in [3.8, 4) is 23.3 Å². The van der Waals surface area contributed by atoms with Crippen LogP contribution in [-0.2, 0) is 9.59 Å². The minimum atomic E-state index is -3.27. The van der Waals surface area contributed by atoms with Crippen molar-refractivity contribution < 1.29 is 37.4 Å². The first-order valence-corrected chi connectivity index (χ1v) is 9.95. The quantitative estimate of drug-likeness (QED) is 0.498. The SMILES string of the molecule is COc1cc(C(=O)N2CC(F)(F)C[C@H]2C(=O)N2CCC[C@H]2C#N)cc(OC(C)=O)c1OC. The van der Waals surface area contributed by atoms with E-state index >= 15 is 0 Å². The van der Waals surface area contributed by atoms with Crippen molar-refractivity contribution in [3.63, 3.8) is 0 Å². The largest absolute Gasteiger partial charge is 0.493 e. The normalized spacial score (nSPS) is 21.8. The molecule has 2 aliphatic rings. The Labute approximate surface area is 183 Å². The highest BCUT2D eigenvalue weighted by atomic mass is 19.3. The van der Waals surface area contributed by atoms with E-state index < -0.39 is 48.8 Å². The fourth-order valence-corrected chi connectivity index (χ4v) is 4.06. The van der Waals surface area contributed by atoms with E-state index in [2.05, 4.69) is 0 Å². The lowest BCUT2D eigenvalue weighted by molar-refractivity contribution is -0.135. The number of ether oxygens (including phenoxy) is 3. The van der Waals surface area contributed by atoms with Crippen LogP contribution in [0.25, 0.3) is 0 Å². The first-order chi connectivity index (χ1) is 15.1. The molecule has 32 heavy (non-hydrogen) atoms. The van der Waals surface area contributed by atoms with E-state index in [1.807, 2.05) is 6.07 Å². The number of hydrogen-bond acceptors (Lipinski definition) is 7. The number of nitrogens with zero attached hydrogens (tertiary/aromatic N) is 3. The number of benzene rings is 1. The van der Waals surface area contributed by atoms with Gasteiger partial charge < -0.3 is 24.0 Å². The number of methoxy groups -OCH3 is 2. The molecule has 2 heterocycles. The van der Waals surface area contributed by atoms with Crippen LogP contribution in [0.2, 0.25) is 0 Å². The van der Waals surface area contributed by atoms with Crippen molar-refractivity contribution >= 4 is 17.8 Å². The van der Waals surface area contributed by atoms with Crippen LogP contribution in [0.4, 0.5) is 8.78 Å². The summed E-state index contributed by atoms with van der Waals surface area (Å²) >= 11 is 0. The van der Waals surface area contributed by atoms with Crippen molar-refractivity contribution in [3.05, 3.63) is 17.7 Å². The highest BCUT2D eigenvalue weighted by Crippen LogP contribution is 2.40. The fraction of sp³-hybridized carbons (Fsp3) is 0.524. The van der Waals surface area contributed by atoms with E-state index in [1.165, 1.54) is 31.3 Å². The maximum atomic E-state index is 14.3. The summed E-state index contributed by atoms with van der Waals surface area (Å²) in [5.74, 6) is -5.52. The number of amides is 2. The van der Waals surface area contributed by atoms with Gasteiger partial charge in [-0.3, -0.25) is 14.4 Å². The summed E-state index contributed by atoms with van der Waals surface area (Å²) in [5, 5.41) is 9.25. The number of halogens is 2. The summed E-state index contributed by atoms with van der Waals surface area (Å²) in [5.41, 5.74) is -0.118. The van der Waals surface area contributed by atoms with Gasteiger partial charge in [-0.2, -0.15) is 5.26 Å². The Kier molecular flexibility index (Phi) is 6.52. The average molecular weight is 451 g/mol. The van der Waals surface area contributed by atoms with Gasteiger partial charge in [-0.25, -0.2) is 8.78 Å². The summed E-state index contributed by atoms with van der Waals surface area (Å²) < 4.78 is 44.1. The lowest BCUT2D eigenvalue weighted by atomic mass is 10.1. The second-order valence-electron chi connectivity index (χ2n) is 7.63. The molecule has 0 unspecified atom stereocenters. The Morgan fingerprint density at radius 1 is 1.16 bits per heavy atom. The van der Waals surface area contributed by atoms with E-state index in [1.54, 1.807) is 0 Å². The Morgan fingerprint density at radius 3 is 2.44 bits per heavy atom. The molecule has 2 amide bonds. The zero-order chi connectivity index (χ0) is 23.6. The summed E-state index contributed by atoms with van der Waals surface area (Å²) in [6.45, 7) is 0.469. The third-order valence-electron chi connectivity index (χ3n) is 5.45. The van der Waals surface area contributed by atoms with Crippen LogP contribution in [0.3, 0.4) is 0 Å². The molecule has 0 aromatic heterocycles. The zero-order valence-corrected chi connectivity index (χ0v) is 17.9. The number of alkyl halides is 2. The van der Waals surface area contributed by atoms with E-state index in [0.29, 0.717) is 12.8 Å². The fourth-order valence-electron chi connectivity index (χ4n) is 4.06. The summed E-state index contributed by atoms with van der Waals surface area (Å²) in [4.78, 5) is 39.8. The van der Waals surface area contributed by atoms with Crippen molar-refractivity contribution in [2.24, 2.45) is 0 Å². The molecule has 0 bridgehead atoms. The molecule has 2 atom stereocenters. The predicted molar refractivity (Wildman–Crippen MR) is 106 cm³/mol. The number of nitriles is 1. The predicted octanol–water partition coefficient (Wildman–Crippen LogP) is 1.99. The number of likely N-dealkylation sites (tertiary alicyclic amines) is 2. The molecule has 11 heteroatoms. The maximum absolute atomic E-state index is 14.3. The van der Waals surface area contributed by atoms with Crippen molar-refractivity contribution in [2.45, 2.75) is 44.2 Å². The maximum Gasteiger partial charge on any atom is 0.308 e. The van der Waals surface area contributed by atoms with E-state index in [9.17, 15) is 28.4 Å². The van der Waals surface area contributed by atoms with E-state index in [-0.39, 0.29) is 29.4 Å². The minimum Gasteiger partial charge on any atom is -0.493 e. The Hall–Kier alpha value is -3.42. The van der Waals surface area contributed by atoms with Gasteiger partial charge in [0.25, 0.3) is 11.8 Å². The molecule has 3 rings (SSSR count). The standard InChI is InChI=1S/C21H23F2N3O6/c1-12(27)32-17-8-13(7-16(30-2)18(17)31-3)19(28)26-11-21(22,23)9-15(26)20(29)25-6-4-5-14(25)10-24/h7-8,14-15H,4-6,9,11H2,1-3H3/t14-,15-/m0/s1. The van der Waals surface area contributed by atoms with Crippen LogP contribution in [0.1, 0.15) is 36.5 Å². The van der Waals surface area contributed by atoms with Crippen LogP contribution in [0.15, 0.2) is 12.1 Å². The lowest BCUT2D eigenvalue weighted by Crippen LogP contribution is -2.49. The van der Waals surface area contributed by atoms with Crippen LogP contribution >= 0.6 is 0 Å². The number of carbonyl (C=O) groups is 3. The second kappa shape index (κ2) is 8.98. The van der Waals surface area contributed by atoms with Crippen LogP contribution < -0.4 is 14.2 Å². The van der Waals surface area contributed by atoms with Crippen molar-refractivity contribution in [1.29, 1.82) is 5.26 Å². The summed E-state index contributed by atoms with van der Waals surface area (Å²) in [7, 11) is 2.61. The first kappa shape index (κ1) is 23.2. The van der Waals surface area contributed by atoms with Crippen molar-refractivity contribution in [1.82, 2.24) is 9.80 Å². The van der Waals surface area contributed by atoms with Gasteiger partial charge in [-0.15, -0.1) is 0 Å². The van der Waals surface area contributed by atoms with E-state index in [4.69, 9.17) is 14.2 Å². The minimum absolute atomic E-state index is 0.0486. The molecule has 2 aliphatic heterocycles. The highest BCUT2D eigenvalue weighted by molar-refractivity contribution is 5.99. The molecule has 0 N–H and O–H groups in total. The third-order valence-corrected chi connectivity index (χ3v) is 5.45. The number of esters is 1. The van der Waals surface area contributed by atoms with Crippen LogP contribution in [-0.4, -0.2) is 72.9 Å².